The van der Waals surface area contributed by atoms with Gasteiger partial charge in [0.1, 0.15) is 41.6 Å². The molecular formula is C42H74N18O11. The molecule has 29 heteroatoms. The molecule has 0 spiro atoms. The number of H-pyrrole nitrogens is 1. The molecule has 0 saturated heterocycles. The van der Waals surface area contributed by atoms with Crippen LogP contribution in [0.2, 0.25) is 0 Å². The minimum atomic E-state index is -1.58. The lowest BCUT2D eigenvalue weighted by Gasteiger charge is -2.28. The molecule has 0 aliphatic rings. The number of hydrogen-bond acceptors (Lipinski definition) is 17. The van der Waals surface area contributed by atoms with E-state index in [1.807, 2.05) is 0 Å². The molecule has 23 N–H and O–H groups in total. The lowest BCUT2D eigenvalue weighted by molar-refractivity contribution is -0.137. The van der Waals surface area contributed by atoms with Crippen LogP contribution in [0.25, 0.3) is 0 Å². The van der Waals surface area contributed by atoms with Gasteiger partial charge in [0.05, 0.1) is 25.0 Å². The number of nitrogens with one attached hydrogen (secondary N) is 7. The van der Waals surface area contributed by atoms with Crippen molar-refractivity contribution in [3.63, 3.8) is 0 Å². The van der Waals surface area contributed by atoms with Crippen molar-refractivity contribution in [2.75, 3.05) is 46.3 Å². The van der Waals surface area contributed by atoms with Gasteiger partial charge >= 0.3 is 5.97 Å². The van der Waals surface area contributed by atoms with Crippen LogP contribution < -0.4 is 72.0 Å². The largest absolute Gasteiger partial charge is 0.477 e. The number of carboxylic acid groups (broad SMARTS) is 1. The number of aromatic nitrogens is 2. The topological polar surface area (TPSA) is 505 Å². The molecule has 0 saturated carbocycles. The van der Waals surface area contributed by atoms with E-state index in [-0.39, 0.29) is 69.8 Å². The number of carboxylic acids is 1. The van der Waals surface area contributed by atoms with Gasteiger partial charge in [-0.05, 0) is 84.8 Å². The summed E-state index contributed by atoms with van der Waals surface area (Å²) < 4.78 is 0. The number of aliphatic hydroxyl groups excluding tert-OH is 1. The summed E-state index contributed by atoms with van der Waals surface area (Å²) >= 11 is 0. The highest BCUT2D eigenvalue weighted by Crippen LogP contribution is 2.09. The first-order valence-corrected chi connectivity index (χ1v) is 23.0. The monoisotopic (exact) mass is 1010 g/mol. The van der Waals surface area contributed by atoms with Crippen molar-refractivity contribution in [2.45, 2.75) is 120 Å². The van der Waals surface area contributed by atoms with E-state index < -0.39 is 114 Å². The highest BCUT2D eigenvalue weighted by atomic mass is 16.4. The van der Waals surface area contributed by atoms with Crippen LogP contribution in [0, 0.1) is 0 Å². The molecule has 0 aliphatic heterocycles. The molecule has 1 rings (SSSR count). The third-order valence-electron chi connectivity index (χ3n) is 10.5. The average molecular weight is 1010 g/mol. The Labute approximate surface area is 411 Å². The van der Waals surface area contributed by atoms with Gasteiger partial charge in [0.15, 0.2) is 5.96 Å². The maximum absolute atomic E-state index is 13.9. The normalized spacial score (nSPS) is 14.5. The van der Waals surface area contributed by atoms with Crippen LogP contribution in [0.4, 0.5) is 0 Å². The van der Waals surface area contributed by atoms with Gasteiger partial charge in [-0.2, -0.15) is 0 Å². The first kappa shape index (κ1) is 62.1. The SMILES string of the molecule is C[C@H](NC(=O)[C@@H](NC(=O)[C@@H](N)CCCCN)[C@@H](O)CN)C(=O)NCC(=O)N=C(CCCN)C(=O)N(C)[C@@H](C)C(=O)N[C@@H](Cc1cnc[nH]1)C(=O)N[C@@H](CCCCN)C(=O)N/C(=C\CCN=C(N)N)C(=O)O. The standard InChI is InChI=1S/C42H74N18O11/c1-23(54-39(68)33(31(61)19-46)59-36(65)26(47)10-4-6-14-43)34(63)52-21-32(62)55-28(12-8-16-45)40(69)60(3)24(2)35(64)58-30(18-25-20-50-22-53-25)38(67)56-27(11-5-7-15-44)37(66)57-29(41(70)71)13-9-17-51-42(48)49/h13,20,22-24,26-27,30-31,33,61H,4-12,14-19,21,43-47H2,1-3H3,(H,50,53)(H,52,63)(H,54,68)(H,56,67)(H,57,66)(H,58,64)(H,59,65)(H,70,71)(H4,48,49,51)/b29-13-,55-28?/t23-,24-,26-,27-,30-,31-,33-/m0/s1. The van der Waals surface area contributed by atoms with Crippen molar-refractivity contribution < 1.29 is 53.4 Å². The molecule has 0 fully saturated rings. The third kappa shape index (κ3) is 23.5. The molecule has 0 radical (unpaired) electrons. The van der Waals surface area contributed by atoms with Gasteiger partial charge in [-0.1, -0.05) is 12.5 Å². The number of guanidine groups is 1. The maximum atomic E-state index is 13.9. The molecule has 0 unspecified atom stereocenters. The fourth-order valence-corrected chi connectivity index (χ4v) is 6.25. The summed E-state index contributed by atoms with van der Waals surface area (Å²) in [6.07, 6.45) is 4.59. The first-order valence-electron chi connectivity index (χ1n) is 23.0. The number of nitrogens with two attached hydrogens (primary N) is 7. The Morgan fingerprint density at radius 2 is 1.44 bits per heavy atom. The van der Waals surface area contributed by atoms with Gasteiger partial charge in [0, 0.05) is 38.4 Å². The predicted octanol–water partition coefficient (Wildman–Crippen LogP) is -6.77. The second kappa shape index (κ2) is 33.6. The number of likely N-dealkylation sites (N-methyl/N-ethyl adjacent to an activating group) is 1. The van der Waals surface area contributed by atoms with E-state index >= 15 is 0 Å². The summed E-state index contributed by atoms with van der Waals surface area (Å²) in [4.78, 5) is 134. The van der Waals surface area contributed by atoms with E-state index in [1.165, 1.54) is 39.5 Å². The molecule has 0 aromatic carbocycles. The minimum Gasteiger partial charge on any atom is -0.477 e. The fourth-order valence-electron chi connectivity index (χ4n) is 6.25. The number of aliphatic carboxylic acids is 1. The van der Waals surface area contributed by atoms with E-state index in [4.69, 9.17) is 40.1 Å². The Hall–Kier alpha value is -6.92. The number of unbranched alkanes of at least 4 members (excludes halogenated alkanes) is 2. The van der Waals surface area contributed by atoms with Gasteiger partial charge in [-0.15, -0.1) is 0 Å². The highest BCUT2D eigenvalue weighted by molar-refractivity contribution is 6.40. The quantitative estimate of drug-likeness (QED) is 0.0132. The summed E-state index contributed by atoms with van der Waals surface area (Å²) in [6.45, 7) is 2.21. The van der Waals surface area contributed by atoms with Crippen molar-refractivity contribution in [1.82, 2.24) is 46.8 Å². The summed E-state index contributed by atoms with van der Waals surface area (Å²) in [5.41, 5.74) is 38.5. The van der Waals surface area contributed by atoms with E-state index in [1.54, 1.807) is 0 Å². The zero-order valence-electron chi connectivity index (χ0n) is 40.5. The van der Waals surface area contributed by atoms with Crippen LogP contribution in [-0.4, -0.2) is 179 Å². The number of rotatable bonds is 34. The van der Waals surface area contributed by atoms with Crippen molar-refractivity contribution in [1.29, 1.82) is 0 Å². The zero-order valence-corrected chi connectivity index (χ0v) is 40.5. The Kier molecular flexibility index (Phi) is 29.4. The molecule has 1 heterocycles. The van der Waals surface area contributed by atoms with Crippen molar-refractivity contribution in [2.24, 2.45) is 50.1 Å². The van der Waals surface area contributed by atoms with Crippen LogP contribution in [0.3, 0.4) is 0 Å². The van der Waals surface area contributed by atoms with Crippen LogP contribution in [0.5, 0.6) is 0 Å². The summed E-state index contributed by atoms with van der Waals surface area (Å²) in [6, 6.07) is -7.91. The maximum Gasteiger partial charge on any atom is 0.352 e. The van der Waals surface area contributed by atoms with Crippen molar-refractivity contribution in [3.05, 3.63) is 30.0 Å². The van der Waals surface area contributed by atoms with Crippen LogP contribution in [0.15, 0.2) is 34.3 Å². The Morgan fingerprint density at radius 1 is 0.803 bits per heavy atom. The first-order chi connectivity index (χ1) is 33.6. The second-order valence-electron chi connectivity index (χ2n) is 16.3. The Morgan fingerprint density at radius 3 is 2.01 bits per heavy atom. The average Bonchev–Trinajstić information content (AvgIpc) is 3.85. The van der Waals surface area contributed by atoms with E-state index in [0.717, 1.165) is 4.90 Å². The summed E-state index contributed by atoms with van der Waals surface area (Å²) in [5.74, 6) is -8.70. The molecular weight excluding hydrogens is 933 g/mol. The van der Waals surface area contributed by atoms with Crippen LogP contribution in [0.1, 0.15) is 77.3 Å². The van der Waals surface area contributed by atoms with Crippen LogP contribution >= 0.6 is 0 Å². The molecule has 8 amide bonds. The number of imidazole rings is 1. The fraction of sp³-hybridized carbons (Fsp3) is 0.619. The summed E-state index contributed by atoms with van der Waals surface area (Å²) in [5, 5.41) is 34.6. The van der Waals surface area contributed by atoms with Gasteiger partial charge < -0.3 is 92.1 Å². The lowest BCUT2D eigenvalue weighted by Crippen LogP contribution is -2.60. The number of carbonyl (C=O) groups is 9. The Balaban J connectivity index is 3.20. The van der Waals surface area contributed by atoms with Crippen LogP contribution in [-0.2, 0) is 49.6 Å². The number of aromatic amines is 1. The minimum absolute atomic E-state index is 0.0330. The van der Waals surface area contributed by atoms with E-state index in [9.17, 15) is 53.4 Å². The number of carbonyl (C=O) groups excluding carboxylic acids is 8. The molecule has 398 valence electrons. The number of hydrogen-bond donors (Lipinski definition) is 16. The molecule has 0 aliphatic carbocycles. The zero-order chi connectivity index (χ0) is 53.6. The van der Waals surface area contributed by atoms with Gasteiger partial charge in [0.25, 0.3) is 11.8 Å². The van der Waals surface area contributed by atoms with Gasteiger partial charge in [-0.25, -0.2) is 14.8 Å². The van der Waals surface area contributed by atoms with Crippen molar-refractivity contribution in [3.8, 4) is 0 Å². The molecule has 7 atom stereocenters. The third-order valence-corrected chi connectivity index (χ3v) is 10.5. The smallest absolute Gasteiger partial charge is 0.352 e. The molecule has 29 nitrogen and oxygen atoms in total. The highest BCUT2D eigenvalue weighted by Gasteiger charge is 2.34. The second-order valence-corrected chi connectivity index (χ2v) is 16.3. The number of aliphatic imine (C=N–C) groups is 2. The molecule has 0 bridgehead atoms. The van der Waals surface area contributed by atoms with E-state index in [0.29, 0.717) is 37.9 Å². The van der Waals surface area contributed by atoms with Gasteiger partial charge in [0.2, 0.25) is 35.4 Å². The molecule has 71 heavy (non-hydrogen) atoms. The lowest BCUT2D eigenvalue weighted by atomic mass is 10.1. The summed E-state index contributed by atoms with van der Waals surface area (Å²) in [7, 11) is 1.25. The molecule has 1 aromatic heterocycles. The predicted molar refractivity (Wildman–Crippen MR) is 260 cm³/mol. The molecule has 1 aromatic rings. The van der Waals surface area contributed by atoms with E-state index in [2.05, 4.69) is 51.9 Å². The number of amides is 8. The van der Waals surface area contributed by atoms with Gasteiger partial charge in [-0.3, -0.25) is 43.3 Å². The number of nitrogens with zero attached hydrogens (tertiary/aromatic N) is 4. The van der Waals surface area contributed by atoms with Crippen molar-refractivity contribution >= 4 is 64.9 Å². The Bertz CT molecular complexity index is 2010. The number of aliphatic hydroxyl groups is 1.